The van der Waals surface area contributed by atoms with Crippen LogP contribution in [0.15, 0.2) is 18.2 Å². The first kappa shape index (κ1) is 16.0. The molecule has 3 unspecified atom stereocenters. The van der Waals surface area contributed by atoms with Crippen molar-refractivity contribution >= 4 is 11.6 Å². The monoisotopic (exact) mass is 292 g/mol. The molecule has 1 aromatic rings. The summed E-state index contributed by atoms with van der Waals surface area (Å²) in [5.74, 6) is 0.863. The summed E-state index contributed by atoms with van der Waals surface area (Å²) in [6.45, 7) is 9.97. The Bertz CT molecular complexity index is 508. The van der Waals surface area contributed by atoms with Crippen LogP contribution >= 0.6 is 0 Å². The molecule has 0 saturated carbocycles. The minimum atomic E-state index is -0.291. The number of carbonyl (C=O) groups excluding carboxylic acids is 1. The number of amides is 1. The van der Waals surface area contributed by atoms with Crippen LogP contribution in [0.2, 0.25) is 0 Å². The second-order valence-corrected chi connectivity index (χ2v) is 6.53. The van der Waals surface area contributed by atoms with E-state index >= 15 is 0 Å². The van der Waals surface area contributed by atoms with Gasteiger partial charge in [0.05, 0.1) is 6.04 Å². The molecule has 1 aliphatic rings. The van der Waals surface area contributed by atoms with Crippen LogP contribution in [-0.4, -0.2) is 29.9 Å². The van der Waals surface area contributed by atoms with Crippen LogP contribution in [0.25, 0.3) is 0 Å². The molecule has 2 rings (SSSR count). The molecule has 3 atom stereocenters. The molecule has 21 heavy (non-hydrogen) atoms. The van der Waals surface area contributed by atoms with E-state index in [0.717, 1.165) is 13.1 Å². The molecule has 0 aliphatic carbocycles. The second-order valence-electron chi connectivity index (χ2n) is 6.53. The van der Waals surface area contributed by atoms with E-state index in [2.05, 4.69) is 24.1 Å². The van der Waals surface area contributed by atoms with Crippen LogP contribution < -0.4 is 5.32 Å². The highest BCUT2D eigenvalue weighted by Gasteiger charge is 2.28. The summed E-state index contributed by atoms with van der Waals surface area (Å²) in [4.78, 5) is 14.6. The van der Waals surface area contributed by atoms with Crippen molar-refractivity contribution in [2.45, 2.75) is 40.2 Å². The van der Waals surface area contributed by atoms with E-state index in [1.54, 1.807) is 19.1 Å². The molecule has 1 aromatic carbocycles. The van der Waals surface area contributed by atoms with Gasteiger partial charge in [0, 0.05) is 18.8 Å². The van der Waals surface area contributed by atoms with Gasteiger partial charge in [-0.2, -0.15) is 0 Å². The van der Waals surface area contributed by atoms with E-state index in [-0.39, 0.29) is 17.8 Å². The summed E-state index contributed by atoms with van der Waals surface area (Å²) in [5, 5.41) is 2.82. The zero-order valence-corrected chi connectivity index (χ0v) is 13.3. The maximum absolute atomic E-state index is 13.5. The number of likely N-dealkylation sites (tertiary alicyclic amines) is 1. The fourth-order valence-electron chi connectivity index (χ4n) is 3.11. The van der Waals surface area contributed by atoms with Gasteiger partial charge in [0.15, 0.2) is 0 Å². The molecule has 1 fully saturated rings. The topological polar surface area (TPSA) is 32.3 Å². The number of anilines is 1. The van der Waals surface area contributed by atoms with Crippen molar-refractivity contribution < 1.29 is 9.18 Å². The number of benzene rings is 1. The predicted octanol–water partition coefficient (Wildman–Crippen LogP) is 3.44. The summed E-state index contributed by atoms with van der Waals surface area (Å²) >= 11 is 0. The maximum atomic E-state index is 13.5. The van der Waals surface area contributed by atoms with E-state index in [1.165, 1.54) is 12.5 Å². The van der Waals surface area contributed by atoms with Gasteiger partial charge < -0.3 is 5.32 Å². The number of piperidine rings is 1. The third kappa shape index (κ3) is 4.03. The second kappa shape index (κ2) is 6.56. The summed E-state index contributed by atoms with van der Waals surface area (Å²) in [7, 11) is 0. The smallest absolute Gasteiger partial charge is 0.241 e. The average Bonchev–Trinajstić information content (AvgIpc) is 2.41. The standard InChI is InChI=1S/C17H25FN2O/c1-11-7-12(2)10-20(9-11)14(4)17(21)19-15-6-5-13(3)16(18)8-15/h5-6,8,11-12,14H,7,9-10H2,1-4H3,(H,19,21). The van der Waals surface area contributed by atoms with E-state index in [0.29, 0.717) is 23.1 Å². The van der Waals surface area contributed by atoms with Crippen molar-refractivity contribution in [2.75, 3.05) is 18.4 Å². The zero-order chi connectivity index (χ0) is 15.6. The SMILES string of the molecule is Cc1ccc(NC(=O)C(C)N2CC(C)CC(C)C2)cc1F. The first-order valence-electron chi connectivity index (χ1n) is 7.68. The Balaban J connectivity index is 2.00. The molecule has 1 N–H and O–H groups in total. The summed E-state index contributed by atoms with van der Waals surface area (Å²) in [5.41, 5.74) is 1.10. The fourth-order valence-corrected chi connectivity index (χ4v) is 3.11. The first-order valence-corrected chi connectivity index (χ1v) is 7.68. The summed E-state index contributed by atoms with van der Waals surface area (Å²) in [6, 6.07) is 4.60. The average molecular weight is 292 g/mol. The van der Waals surface area contributed by atoms with Crippen LogP contribution in [0.3, 0.4) is 0 Å². The van der Waals surface area contributed by atoms with Gasteiger partial charge in [0.1, 0.15) is 5.82 Å². The predicted molar refractivity (Wildman–Crippen MR) is 83.7 cm³/mol. The van der Waals surface area contributed by atoms with Crippen molar-refractivity contribution in [3.63, 3.8) is 0 Å². The fraction of sp³-hybridized carbons (Fsp3) is 0.588. The Morgan fingerprint density at radius 3 is 2.52 bits per heavy atom. The highest BCUT2D eigenvalue weighted by atomic mass is 19.1. The highest BCUT2D eigenvalue weighted by molar-refractivity contribution is 5.94. The number of aryl methyl sites for hydroxylation is 1. The Morgan fingerprint density at radius 2 is 1.95 bits per heavy atom. The third-order valence-corrected chi connectivity index (χ3v) is 4.26. The quantitative estimate of drug-likeness (QED) is 0.925. The number of nitrogens with zero attached hydrogens (tertiary/aromatic N) is 1. The lowest BCUT2D eigenvalue weighted by molar-refractivity contribution is -0.121. The van der Waals surface area contributed by atoms with Crippen molar-refractivity contribution in [3.05, 3.63) is 29.6 Å². The van der Waals surface area contributed by atoms with Crippen molar-refractivity contribution in [1.82, 2.24) is 4.90 Å². The van der Waals surface area contributed by atoms with Gasteiger partial charge in [0.2, 0.25) is 5.91 Å². The molecule has 116 valence electrons. The minimum absolute atomic E-state index is 0.0699. The lowest BCUT2D eigenvalue weighted by atomic mass is 9.91. The molecule has 1 saturated heterocycles. The van der Waals surface area contributed by atoms with Crippen LogP contribution in [0.1, 0.15) is 32.8 Å². The van der Waals surface area contributed by atoms with Gasteiger partial charge >= 0.3 is 0 Å². The number of hydrogen-bond acceptors (Lipinski definition) is 2. The molecule has 0 spiro atoms. The molecular formula is C17H25FN2O. The Labute approximate surface area is 126 Å². The minimum Gasteiger partial charge on any atom is -0.325 e. The summed E-state index contributed by atoms with van der Waals surface area (Å²) in [6.07, 6.45) is 1.22. The molecule has 3 nitrogen and oxygen atoms in total. The molecule has 1 aliphatic heterocycles. The molecule has 1 heterocycles. The van der Waals surface area contributed by atoms with Crippen molar-refractivity contribution in [3.8, 4) is 0 Å². The Morgan fingerprint density at radius 1 is 1.33 bits per heavy atom. The Hall–Kier alpha value is -1.42. The van der Waals surface area contributed by atoms with Crippen LogP contribution in [0, 0.1) is 24.6 Å². The molecule has 0 bridgehead atoms. The van der Waals surface area contributed by atoms with Gasteiger partial charge in [-0.25, -0.2) is 4.39 Å². The van der Waals surface area contributed by atoms with Crippen LogP contribution in [-0.2, 0) is 4.79 Å². The van der Waals surface area contributed by atoms with Gasteiger partial charge in [-0.1, -0.05) is 19.9 Å². The van der Waals surface area contributed by atoms with E-state index in [9.17, 15) is 9.18 Å². The van der Waals surface area contributed by atoms with Gasteiger partial charge in [-0.3, -0.25) is 9.69 Å². The van der Waals surface area contributed by atoms with Crippen molar-refractivity contribution in [2.24, 2.45) is 11.8 Å². The van der Waals surface area contributed by atoms with E-state index < -0.39 is 0 Å². The highest BCUT2D eigenvalue weighted by Crippen LogP contribution is 2.23. The number of halogens is 1. The lowest BCUT2D eigenvalue weighted by Gasteiger charge is -2.38. The van der Waals surface area contributed by atoms with E-state index in [1.807, 2.05) is 6.92 Å². The van der Waals surface area contributed by atoms with E-state index in [4.69, 9.17) is 0 Å². The number of hydrogen-bond donors (Lipinski definition) is 1. The Kier molecular flexibility index (Phi) is 4.99. The number of carbonyl (C=O) groups is 1. The normalized spacial score (nSPS) is 24.6. The van der Waals surface area contributed by atoms with Gasteiger partial charge in [-0.05, 0) is 49.8 Å². The molecule has 0 radical (unpaired) electrons. The maximum Gasteiger partial charge on any atom is 0.241 e. The zero-order valence-electron chi connectivity index (χ0n) is 13.3. The number of rotatable bonds is 3. The largest absolute Gasteiger partial charge is 0.325 e. The van der Waals surface area contributed by atoms with Crippen molar-refractivity contribution in [1.29, 1.82) is 0 Å². The third-order valence-electron chi connectivity index (χ3n) is 4.26. The van der Waals surface area contributed by atoms with Crippen LogP contribution in [0.5, 0.6) is 0 Å². The molecule has 0 aromatic heterocycles. The van der Waals surface area contributed by atoms with Crippen LogP contribution in [0.4, 0.5) is 10.1 Å². The first-order chi connectivity index (χ1) is 9.86. The number of nitrogens with one attached hydrogen (secondary N) is 1. The molecule has 4 heteroatoms. The van der Waals surface area contributed by atoms with Gasteiger partial charge in [0.25, 0.3) is 0 Å². The molecule has 1 amide bonds. The van der Waals surface area contributed by atoms with Gasteiger partial charge in [-0.15, -0.1) is 0 Å². The summed E-state index contributed by atoms with van der Waals surface area (Å²) < 4.78 is 13.5. The molecular weight excluding hydrogens is 267 g/mol. The lowest BCUT2D eigenvalue weighted by Crippen LogP contribution is -2.48.